The van der Waals surface area contributed by atoms with Crippen LogP contribution in [0.15, 0.2) is 0 Å². The first-order chi connectivity index (χ1) is 9.45. The first-order valence-electron chi connectivity index (χ1n) is 7.05. The SMILES string of the molecule is COC(=O)C1CN(C(=O)[C@@H]2CCC[C@@H]2C(=O)O)CC1C. The highest BCUT2D eigenvalue weighted by molar-refractivity contribution is 5.86. The molecule has 0 radical (unpaired) electrons. The fraction of sp³-hybridized carbons (Fsp3) is 0.786. The molecule has 2 fully saturated rings. The first-order valence-corrected chi connectivity index (χ1v) is 7.05. The molecule has 2 unspecified atom stereocenters. The molecule has 1 N–H and O–H groups in total. The molecule has 1 saturated carbocycles. The van der Waals surface area contributed by atoms with E-state index in [1.807, 2.05) is 6.92 Å². The van der Waals surface area contributed by atoms with Crippen molar-refractivity contribution in [3.8, 4) is 0 Å². The van der Waals surface area contributed by atoms with Crippen molar-refractivity contribution in [2.24, 2.45) is 23.7 Å². The predicted octanol–water partition coefficient (Wildman–Crippen LogP) is 0.755. The first kappa shape index (κ1) is 14.8. The summed E-state index contributed by atoms with van der Waals surface area (Å²) in [6.45, 7) is 2.76. The van der Waals surface area contributed by atoms with Crippen LogP contribution in [0, 0.1) is 23.7 Å². The quantitative estimate of drug-likeness (QED) is 0.773. The molecule has 2 aliphatic rings. The Bertz CT molecular complexity index is 422. The van der Waals surface area contributed by atoms with Gasteiger partial charge in [0.15, 0.2) is 0 Å². The zero-order valence-electron chi connectivity index (χ0n) is 11.9. The minimum atomic E-state index is -0.891. The van der Waals surface area contributed by atoms with Gasteiger partial charge in [-0.15, -0.1) is 0 Å². The van der Waals surface area contributed by atoms with E-state index in [-0.39, 0.29) is 23.7 Å². The van der Waals surface area contributed by atoms with Crippen LogP contribution in [0.4, 0.5) is 0 Å². The maximum atomic E-state index is 12.5. The molecule has 0 aromatic heterocycles. The van der Waals surface area contributed by atoms with Crippen molar-refractivity contribution in [1.29, 1.82) is 0 Å². The van der Waals surface area contributed by atoms with Crippen LogP contribution in [0.3, 0.4) is 0 Å². The van der Waals surface area contributed by atoms with Gasteiger partial charge in [-0.2, -0.15) is 0 Å². The molecule has 0 aromatic rings. The molecule has 112 valence electrons. The minimum Gasteiger partial charge on any atom is -0.481 e. The number of carboxylic acid groups (broad SMARTS) is 1. The van der Waals surface area contributed by atoms with E-state index < -0.39 is 17.8 Å². The topological polar surface area (TPSA) is 83.9 Å². The molecular formula is C14H21NO5. The van der Waals surface area contributed by atoms with Crippen molar-refractivity contribution in [2.45, 2.75) is 26.2 Å². The van der Waals surface area contributed by atoms with Crippen LogP contribution in [-0.4, -0.2) is 48.1 Å². The normalized spacial score (nSPS) is 33.2. The van der Waals surface area contributed by atoms with Gasteiger partial charge in [0.2, 0.25) is 5.91 Å². The van der Waals surface area contributed by atoms with Gasteiger partial charge >= 0.3 is 11.9 Å². The summed E-state index contributed by atoms with van der Waals surface area (Å²) >= 11 is 0. The van der Waals surface area contributed by atoms with Crippen molar-refractivity contribution < 1.29 is 24.2 Å². The number of carbonyl (C=O) groups excluding carboxylic acids is 2. The maximum absolute atomic E-state index is 12.5. The highest BCUT2D eigenvalue weighted by Gasteiger charge is 2.44. The van der Waals surface area contributed by atoms with Crippen LogP contribution in [0.1, 0.15) is 26.2 Å². The van der Waals surface area contributed by atoms with E-state index in [1.54, 1.807) is 4.90 Å². The molecule has 0 spiro atoms. The molecule has 2 rings (SSSR count). The second kappa shape index (κ2) is 5.81. The van der Waals surface area contributed by atoms with Crippen molar-refractivity contribution >= 4 is 17.8 Å². The van der Waals surface area contributed by atoms with Gasteiger partial charge in [0.25, 0.3) is 0 Å². The molecule has 1 aliphatic carbocycles. The lowest BCUT2D eigenvalue weighted by molar-refractivity contribution is -0.149. The lowest BCUT2D eigenvalue weighted by Crippen LogP contribution is -2.38. The van der Waals surface area contributed by atoms with Crippen molar-refractivity contribution in [1.82, 2.24) is 4.90 Å². The summed E-state index contributed by atoms with van der Waals surface area (Å²) in [5.74, 6) is -2.56. The number of esters is 1. The van der Waals surface area contributed by atoms with Crippen LogP contribution < -0.4 is 0 Å². The van der Waals surface area contributed by atoms with Crippen LogP contribution >= 0.6 is 0 Å². The van der Waals surface area contributed by atoms with Crippen LogP contribution in [0.2, 0.25) is 0 Å². The van der Waals surface area contributed by atoms with E-state index in [4.69, 9.17) is 9.84 Å². The van der Waals surface area contributed by atoms with Gasteiger partial charge in [0, 0.05) is 13.1 Å². The Hall–Kier alpha value is -1.59. The second-order valence-electron chi connectivity index (χ2n) is 5.83. The van der Waals surface area contributed by atoms with E-state index in [1.165, 1.54) is 7.11 Å². The number of carbonyl (C=O) groups is 3. The fourth-order valence-corrected chi connectivity index (χ4v) is 3.39. The third-order valence-corrected chi connectivity index (χ3v) is 4.58. The lowest BCUT2D eigenvalue weighted by Gasteiger charge is -2.23. The average Bonchev–Trinajstić information content (AvgIpc) is 3.03. The number of nitrogens with zero attached hydrogens (tertiary/aromatic N) is 1. The van der Waals surface area contributed by atoms with E-state index in [0.717, 1.165) is 6.42 Å². The van der Waals surface area contributed by atoms with Crippen LogP contribution in [0.5, 0.6) is 0 Å². The monoisotopic (exact) mass is 283 g/mol. The summed E-state index contributed by atoms with van der Waals surface area (Å²) < 4.78 is 4.75. The summed E-state index contributed by atoms with van der Waals surface area (Å²) in [5, 5.41) is 9.16. The Balaban J connectivity index is 2.04. The zero-order valence-corrected chi connectivity index (χ0v) is 11.9. The average molecular weight is 283 g/mol. The van der Waals surface area contributed by atoms with Gasteiger partial charge in [-0.1, -0.05) is 13.3 Å². The molecule has 6 heteroatoms. The Morgan fingerprint density at radius 3 is 2.35 bits per heavy atom. The Morgan fingerprint density at radius 1 is 1.10 bits per heavy atom. The number of rotatable bonds is 3. The van der Waals surface area contributed by atoms with E-state index >= 15 is 0 Å². The Labute approximate surface area is 118 Å². The number of methoxy groups -OCH3 is 1. The van der Waals surface area contributed by atoms with Gasteiger partial charge in [-0.3, -0.25) is 14.4 Å². The number of aliphatic carboxylic acids is 1. The van der Waals surface area contributed by atoms with Gasteiger partial charge in [0.05, 0.1) is 24.9 Å². The lowest BCUT2D eigenvalue weighted by atomic mass is 9.95. The second-order valence-corrected chi connectivity index (χ2v) is 5.83. The highest BCUT2D eigenvalue weighted by Crippen LogP contribution is 2.35. The Morgan fingerprint density at radius 2 is 1.75 bits per heavy atom. The smallest absolute Gasteiger partial charge is 0.310 e. The third kappa shape index (κ3) is 2.64. The molecule has 1 amide bonds. The molecule has 1 saturated heterocycles. The van der Waals surface area contributed by atoms with Gasteiger partial charge in [-0.25, -0.2) is 0 Å². The molecule has 20 heavy (non-hydrogen) atoms. The van der Waals surface area contributed by atoms with Gasteiger partial charge in [-0.05, 0) is 18.8 Å². The number of amides is 1. The molecular weight excluding hydrogens is 262 g/mol. The summed E-state index contributed by atoms with van der Waals surface area (Å²) in [6.07, 6.45) is 1.97. The van der Waals surface area contributed by atoms with E-state index in [2.05, 4.69) is 0 Å². The number of likely N-dealkylation sites (tertiary alicyclic amines) is 1. The zero-order chi connectivity index (χ0) is 14.9. The minimum absolute atomic E-state index is 0.0519. The van der Waals surface area contributed by atoms with Gasteiger partial charge in [0.1, 0.15) is 0 Å². The molecule has 6 nitrogen and oxygen atoms in total. The highest BCUT2D eigenvalue weighted by atomic mass is 16.5. The van der Waals surface area contributed by atoms with Crippen LogP contribution in [-0.2, 0) is 19.1 Å². The summed E-state index contributed by atoms with van der Waals surface area (Å²) in [4.78, 5) is 36.9. The number of hydrogen-bond donors (Lipinski definition) is 1. The molecule has 0 aromatic carbocycles. The maximum Gasteiger partial charge on any atom is 0.310 e. The van der Waals surface area contributed by atoms with E-state index in [0.29, 0.717) is 25.9 Å². The number of hydrogen-bond acceptors (Lipinski definition) is 4. The van der Waals surface area contributed by atoms with Crippen molar-refractivity contribution in [3.05, 3.63) is 0 Å². The summed E-state index contributed by atoms with van der Waals surface area (Å²) in [5.41, 5.74) is 0. The van der Waals surface area contributed by atoms with Crippen molar-refractivity contribution in [3.63, 3.8) is 0 Å². The van der Waals surface area contributed by atoms with Crippen molar-refractivity contribution in [2.75, 3.05) is 20.2 Å². The molecule has 0 bridgehead atoms. The number of ether oxygens (including phenoxy) is 1. The molecule has 1 heterocycles. The van der Waals surface area contributed by atoms with Gasteiger partial charge < -0.3 is 14.7 Å². The van der Waals surface area contributed by atoms with Crippen LogP contribution in [0.25, 0.3) is 0 Å². The molecule has 1 aliphatic heterocycles. The molecule has 4 atom stereocenters. The van der Waals surface area contributed by atoms with E-state index in [9.17, 15) is 14.4 Å². The predicted molar refractivity (Wildman–Crippen MR) is 69.7 cm³/mol. The summed E-state index contributed by atoms with van der Waals surface area (Å²) in [6, 6.07) is 0. The summed E-state index contributed by atoms with van der Waals surface area (Å²) in [7, 11) is 1.34. The largest absolute Gasteiger partial charge is 0.481 e. The third-order valence-electron chi connectivity index (χ3n) is 4.58. The Kier molecular flexibility index (Phi) is 4.30. The fourth-order valence-electron chi connectivity index (χ4n) is 3.39. The standard InChI is InChI=1S/C14H21NO5/c1-8-6-15(7-11(8)14(19)20-2)12(16)9-4-3-5-10(9)13(17)18/h8-11H,3-7H2,1-2H3,(H,17,18)/t8?,9-,10+,11?/m1/s1. The number of carboxylic acids is 1.